The molecule has 0 saturated carbocycles. The van der Waals surface area contributed by atoms with Gasteiger partial charge in [-0.1, -0.05) is 15.9 Å². The van der Waals surface area contributed by atoms with Crippen molar-refractivity contribution in [2.24, 2.45) is 0 Å². The number of amides is 1. The summed E-state index contributed by atoms with van der Waals surface area (Å²) in [6.45, 7) is 8.57. The van der Waals surface area contributed by atoms with Crippen LogP contribution in [0.15, 0.2) is 53.0 Å². The zero-order valence-corrected chi connectivity index (χ0v) is 23.8. The average Bonchev–Trinajstić information content (AvgIpc) is 3.19. The van der Waals surface area contributed by atoms with Gasteiger partial charge in [-0.2, -0.15) is 0 Å². The number of thiocarbonyl (C=S) groups is 1. The molecule has 0 aromatic heterocycles. The summed E-state index contributed by atoms with van der Waals surface area (Å²) in [5, 5.41) is 3.72. The zero-order valence-electron chi connectivity index (χ0n) is 21.4. The third-order valence-electron chi connectivity index (χ3n) is 6.80. The summed E-state index contributed by atoms with van der Waals surface area (Å²) in [5.74, 6) is -0.381. The Morgan fingerprint density at radius 2 is 1.70 bits per heavy atom. The van der Waals surface area contributed by atoms with Crippen LogP contribution in [0, 0.1) is 0 Å². The van der Waals surface area contributed by atoms with Crippen molar-refractivity contribution in [2.75, 3.05) is 69.7 Å². The van der Waals surface area contributed by atoms with Gasteiger partial charge < -0.3 is 24.8 Å². The largest absolute Gasteiger partial charge is 0.462 e. The van der Waals surface area contributed by atoms with Crippen molar-refractivity contribution in [3.63, 3.8) is 0 Å². The molecule has 1 unspecified atom stereocenters. The molecule has 0 aliphatic carbocycles. The first kappa shape index (κ1) is 27.5. The molecule has 8 nitrogen and oxygen atoms in total. The molecule has 1 amide bonds. The van der Waals surface area contributed by atoms with Crippen LogP contribution in [0.3, 0.4) is 0 Å². The van der Waals surface area contributed by atoms with Crippen molar-refractivity contribution >= 4 is 56.5 Å². The molecule has 2 aromatic carbocycles. The highest BCUT2D eigenvalue weighted by atomic mass is 79.9. The van der Waals surface area contributed by atoms with Gasteiger partial charge in [-0.25, -0.2) is 4.79 Å². The number of esters is 1. The van der Waals surface area contributed by atoms with Crippen molar-refractivity contribution in [1.29, 1.82) is 0 Å². The molecular formula is C27H34BrN5O3S. The molecule has 2 fully saturated rings. The highest BCUT2D eigenvalue weighted by Crippen LogP contribution is 2.27. The molecule has 0 radical (unpaired) electrons. The maximum absolute atomic E-state index is 13.0. The first-order chi connectivity index (χ1) is 17.8. The second kappa shape index (κ2) is 12.8. The fraction of sp³-hybridized carbons (Fsp3) is 0.444. The van der Waals surface area contributed by atoms with E-state index in [0.717, 1.165) is 55.1 Å². The summed E-state index contributed by atoms with van der Waals surface area (Å²) in [4.78, 5) is 34.1. The van der Waals surface area contributed by atoms with Gasteiger partial charge in [0.05, 0.1) is 18.2 Å². The Balaban J connectivity index is 1.46. The Morgan fingerprint density at radius 1 is 1.03 bits per heavy atom. The SMILES string of the molecule is CCOC(=O)c1ccc(N2CC(CC(=O)Nc3ccc(Br)cc3)N(CCN3CCN(C)CC3)C2=S)cc1. The lowest BCUT2D eigenvalue weighted by Crippen LogP contribution is -2.48. The predicted octanol–water partition coefficient (Wildman–Crippen LogP) is 3.68. The number of nitrogens with zero attached hydrogens (tertiary/aromatic N) is 4. The van der Waals surface area contributed by atoms with Gasteiger partial charge in [-0.15, -0.1) is 0 Å². The maximum Gasteiger partial charge on any atom is 0.338 e. The van der Waals surface area contributed by atoms with E-state index in [1.807, 2.05) is 36.4 Å². The van der Waals surface area contributed by atoms with Crippen molar-refractivity contribution in [3.05, 3.63) is 58.6 Å². The highest BCUT2D eigenvalue weighted by molar-refractivity contribution is 9.10. The second-order valence-corrected chi connectivity index (χ2v) is 10.7. The second-order valence-electron chi connectivity index (χ2n) is 9.41. The van der Waals surface area contributed by atoms with E-state index in [9.17, 15) is 9.59 Å². The Kier molecular flexibility index (Phi) is 9.53. The van der Waals surface area contributed by atoms with Crippen LogP contribution in [0.2, 0.25) is 0 Å². The Bertz CT molecular complexity index is 1090. The van der Waals surface area contributed by atoms with Gasteiger partial charge in [-0.3, -0.25) is 9.69 Å². The molecule has 4 rings (SSSR count). The van der Waals surface area contributed by atoms with Gasteiger partial charge in [-0.05, 0) is 74.7 Å². The smallest absolute Gasteiger partial charge is 0.338 e. The molecule has 10 heteroatoms. The Morgan fingerprint density at radius 3 is 2.35 bits per heavy atom. The van der Waals surface area contributed by atoms with Crippen molar-refractivity contribution in [2.45, 2.75) is 19.4 Å². The minimum Gasteiger partial charge on any atom is -0.462 e. The summed E-state index contributed by atoms with van der Waals surface area (Å²) in [6, 6.07) is 14.8. The molecular weight excluding hydrogens is 554 g/mol. The first-order valence-corrected chi connectivity index (χ1v) is 13.9. The van der Waals surface area contributed by atoms with Crippen LogP contribution in [0.4, 0.5) is 11.4 Å². The number of piperazine rings is 1. The van der Waals surface area contributed by atoms with E-state index < -0.39 is 0 Å². The van der Waals surface area contributed by atoms with Gasteiger partial charge >= 0.3 is 5.97 Å². The number of anilines is 2. The molecule has 0 bridgehead atoms. The number of rotatable bonds is 9. The van der Waals surface area contributed by atoms with Gasteiger partial charge in [0.15, 0.2) is 5.11 Å². The van der Waals surface area contributed by atoms with Crippen LogP contribution in [0.25, 0.3) is 0 Å². The average molecular weight is 589 g/mol. The summed E-state index contributed by atoms with van der Waals surface area (Å²) < 4.78 is 6.07. The molecule has 37 heavy (non-hydrogen) atoms. The van der Waals surface area contributed by atoms with Gasteiger partial charge in [0.2, 0.25) is 5.91 Å². The predicted molar refractivity (Wildman–Crippen MR) is 154 cm³/mol. The maximum atomic E-state index is 13.0. The van der Waals surface area contributed by atoms with E-state index in [1.54, 1.807) is 19.1 Å². The third kappa shape index (κ3) is 7.28. The molecule has 2 aliphatic rings. The number of benzene rings is 2. The fourth-order valence-electron chi connectivity index (χ4n) is 4.64. The lowest BCUT2D eigenvalue weighted by molar-refractivity contribution is -0.116. The molecule has 2 aliphatic heterocycles. The zero-order chi connectivity index (χ0) is 26.4. The summed E-state index contributed by atoms with van der Waals surface area (Å²) in [5.41, 5.74) is 2.18. The minimum absolute atomic E-state index is 0.0424. The normalized spacial score (nSPS) is 18.8. The van der Waals surface area contributed by atoms with Crippen LogP contribution in [-0.2, 0) is 9.53 Å². The number of carbonyl (C=O) groups is 2. The van der Waals surface area contributed by atoms with E-state index in [-0.39, 0.29) is 17.9 Å². The van der Waals surface area contributed by atoms with Gasteiger partial charge in [0.25, 0.3) is 0 Å². The molecule has 198 valence electrons. The van der Waals surface area contributed by atoms with E-state index >= 15 is 0 Å². The number of carbonyl (C=O) groups excluding carboxylic acids is 2. The molecule has 0 spiro atoms. The lowest BCUT2D eigenvalue weighted by Gasteiger charge is -2.34. The highest BCUT2D eigenvalue weighted by Gasteiger charge is 2.36. The number of nitrogens with one attached hydrogen (secondary N) is 1. The lowest BCUT2D eigenvalue weighted by atomic mass is 10.1. The van der Waals surface area contributed by atoms with Crippen LogP contribution in [0.1, 0.15) is 23.7 Å². The molecule has 1 atom stereocenters. The van der Waals surface area contributed by atoms with Gasteiger partial charge in [0, 0.05) is 68.1 Å². The van der Waals surface area contributed by atoms with Crippen LogP contribution >= 0.6 is 28.1 Å². The molecule has 2 heterocycles. The monoisotopic (exact) mass is 587 g/mol. The first-order valence-electron chi connectivity index (χ1n) is 12.7. The fourth-order valence-corrected chi connectivity index (χ4v) is 5.32. The molecule has 1 N–H and O–H groups in total. The Labute approximate surface area is 232 Å². The van der Waals surface area contributed by atoms with E-state index in [4.69, 9.17) is 17.0 Å². The van der Waals surface area contributed by atoms with E-state index in [1.165, 1.54) is 0 Å². The molecule has 2 aromatic rings. The topological polar surface area (TPSA) is 68.4 Å². The summed E-state index contributed by atoms with van der Waals surface area (Å²) >= 11 is 9.35. The van der Waals surface area contributed by atoms with Crippen LogP contribution in [0.5, 0.6) is 0 Å². The number of ether oxygens (including phenoxy) is 1. The van der Waals surface area contributed by atoms with Crippen molar-refractivity contribution < 1.29 is 14.3 Å². The van der Waals surface area contributed by atoms with Crippen molar-refractivity contribution in [3.8, 4) is 0 Å². The van der Waals surface area contributed by atoms with Gasteiger partial charge in [0.1, 0.15) is 0 Å². The van der Waals surface area contributed by atoms with E-state index in [2.05, 4.69) is 47.9 Å². The van der Waals surface area contributed by atoms with Crippen LogP contribution in [-0.4, -0.2) is 97.2 Å². The van der Waals surface area contributed by atoms with Crippen LogP contribution < -0.4 is 10.2 Å². The van der Waals surface area contributed by atoms with Crippen molar-refractivity contribution in [1.82, 2.24) is 14.7 Å². The summed E-state index contributed by atoms with van der Waals surface area (Å²) in [7, 11) is 2.15. The van der Waals surface area contributed by atoms with E-state index in [0.29, 0.717) is 30.2 Å². The number of hydrogen-bond donors (Lipinski definition) is 1. The summed E-state index contributed by atoms with van der Waals surface area (Å²) in [6.07, 6.45) is 0.330. The minimum atomic E-state index is -0.339. The molecule has 2 saturated heterocycles. The number of likely N-dealkylation sites (N-methyl/N-ethyl adjacent to an activating group) is 1. The standard InChI is InChI=1S/C27H34BrN5O3S/c1-3-36-26(35)20-4-10-23(11-5-20)33-19-24(18-25(34)29-22-8-6-21(28)7-9-22)32(27(33)37)17-16-31-14-12-30(2)13-15-31/h4-11,24H,3,12-19H2,1-2H3,(H,29,34). The number of halogens is 1. The third-order valence-corrected chi connectivity index (χ3v) is 7.79. The Hall–Kier alpha value is -2.53. The quantitative estimate of drug-likeness (QED) is 0.352. The number of hydrogen-bond acceptors (Lipinski definition) is 6.